The Labute approximate surface area is 225 Å². The SMILES string of the molecule is CCCCCCCC(CCCCCCCc1cccc(OCC2CO2)c1)c1cccc(OCC2CO2)c1. The van der Waals surface area contributed by atoms with Crippen molar-refractivity contribution < 1.29 is 18.9 Å². The van der Waals surface area contributed by atoms with Crippen LogP contribution in [0.2, 0.25) is 0 Å². The summed E-state index contributed by atoms with van der Waals surface area (Å²) >= 11 is 0. The van der Waals surface area contributed by atoms with E-state index in [1.54, 1.807) is 0 Å². The molecule has 3 atom stereocenters. The second kappa shape index (κ2) is 16.0. The molecule has 2 aliphatic heterocycles. The van der Waals surface area contributed by atoms with Gasteiger partial charge in [0.15, 0.2) is 0 Å². The summed E-state index contributed by atoms with van der Waals surface area (Å²) in [6, 6.07) is 17.4. The zero-order valence-corrected chi connectivity index (χ0v) is 23.0. The van der Waals surface area contributed by atoms with Crippen molar-refractivity contribution in [3.05, 3.63) is 59.7 Å². The molecule has 0 aliphatic carbocycles. The van der Waals surface area contributed by atoms with Gasteiger partial charge in [-0.1, -0.05) is 89.0 Å². The summed E-state index contributed by atoms with van der Waals surface area (Å²) in [4.78, 5) is 0. The third kappa shape index (κ3) is 11.5. The number of hydrogen-bond donors (Lipinski definition) is 0. The highest BCUT2D eigenvalue weighted by Gasteiger charge is 2.23. The average molecular weight is 509 g/mol. The Kier molecular flexibility index (Phi) is 12.1. The van der Waals surface area contributed by atoms with Gasteiger partial charge in [0.05, 0.1) is 13.2 Å². The van der Waals surface area contributed by atoms with E-state index in [2.05, 4.69) is 55.5 Å². The first-order valence-corrected chi connectivity index (χ1v) is 15.0. The van der Waals surface area contributed by atoms with E-state index in [1.165, 1.54) is 88.2 Å². The Bertz CT molecular complexity index is 889. The van der Waals surface area contributed by atoms with Crippen LogP contribution in [0.4, 0.5) is 0 Å². The fourth-order valence-corrected chi connectivity index (χ4v) is 5.08. The second-order valence-electron chi connectivity index (χ2n) is 11.0. The van der Waals surface area contributed by atoms with E-state index in [1.807, 2.05) is 0 Å². The molecule has 4 nitrogen and oxygen atoms in total. The van der Waals surface area contributed by atoms with Crippen molar-refractivity contribution in [3.8, 4) is 11.5 Å². The van der Waals surface area contributed by atoms with Gasteiger partial charge in [-0.15, -0.1) is 0 Å². The van der Waals surface area contributed by atoms with Crippen molar-refractivity contribution in [2.24, 2.45) is 0 Å². The molecule has 2 aromatic rings. The topological polar surface area (TPSA) is 43.5 Å². The van der Waals surface area contributed by atoms with Crippen molar-refractivity contribution in [2.75, 3.05) is 26.4 Å². The van der Waals surface area contributed by atoms with Crippen LogP contribution in [0, 0.1) is 0 Å². The number of rotatable bonds is 21. The predicted molar refractivity (Wildman–Crippen MR) is 151 cm³/mol. The molecule has 2 fully saturated rings. The third-order valence-corrected chi connectivity index (χ3v) is 7.58. The molecule has 0 radical (unpaired) electrons. The van der Waals surface area contributed by atoms with Crippen LogP contribution in [0.15, 0.2) is 48.5 Å². The number of ether oxygens (including phenoxy) is 4. The molecular formula is C33H48O4. The summed E-state index contributed by atoms with van der Waals surface area (Å²) < 4.78 is 22.3. The number of aryl methyl sites for hydroxylation is 1. The van der Waals surface area contributed by atoms with Crippen molar-refractivity contribution in [1.29, 1.82) is 0 Å². The van der Waals surface area contributed by atoms with Crippen molar-refractivity contribution in [2.45, 2.75) is 109 Å². The Morgan fingerprint density at radius 3 is 1.92 bits per heavy atom. The van der Waals surface area contributed by atoms with E-state index in [-0.39, 0.29) is 0 Å². The van der Waals surface area contributed by atoms with Gasteiger partial charge < -0.3 is 18.9 Å². The second-order valence-corrected chi connectivity index (χ2v) is 11.0. The number of unbranched alkanes of at least 4 members (excludes halogenated alkanes) is 8. The lowest BCUT2D eigenvalue weighted by Crippen LogP contribution is -2.05. The molecule has 0 bridgehead atoms. The van der Waals surface area contributed by atoms with Gasteiger partial charge in [0.1, 0.15) is 36.9 Å². The number of epoxide rings is 2. The molecule has 3 unspecified atom stereocenters. The van der Waals surface area contributed by atoms with Gasteiger partial charge >= 0.3 is 0 Å². The maximum atomic E-state index is 5.98. The summed E-state index contributed by atoms with van der Waals surface area (Å²) in [6.45, 7) is 5.33. The van der Waals surface area contributed by atoms with E-state index in [4.69, 9.17) is 18.9 Å². The monoisotopic (exact) mass is 508 g/mol. The van der Waals surface area contributed by atoms with Crippen LogP contribution >= 0.6 is 0 Å². The highest BCUT2D eigenvalue weighted by Crippen LogP contribution is 2.31. The van der Waals surface area contributed by atoms with Crippen LogP contribution in [0.25, 0.3) is 0 Å². The molecule has 0 saturated carbocycles. The van der Waals surface area contributed by atoms with E-state index < -0.39 is 0 Å². The van der Waals surface area contributed by atoms with Crippen LogP contribution in [-0.2, 0) is 15.9 Å². The number of benzene rings is 2. The smallest absolute Gasteiger partial charge is 0.119 e. The summed E-state index contributed by atoms with van der Waals surface area (Å²) in [6.07, 6.45) is 17.6. The van der Waals surface area contributed by atoms with Gasteiger partial charge in [0, 0.05) is 0 Å². The Morgan fingerprint density at radius 2 is 1.27 bits per heavy atom. The highest BCUT2D eigenvalue weighted by molar-refractivity contribution is 5.31. The quantitative estimate of drug-likeness (QED) is 0.126. The van der Waals surface area contributed by atoms with Crippen LogP contribution in [0.3, 0.4) is 0 Å². The summed E-state index contributed by atoms with van der Waals surface area (Å²) in [5.41, 5.74) is 2.84. The standard InChI is InChI=1S/C33H48O4/c1-2-3-4-6-10-16-28(29-18-13-20-31(22-29)35-24-33-26-37-33)17-11-8-5-7-9-14-27-15-12-19-30(21-27)34-23-32-25-36-32/h12-13,15,18-22,28,32-33H,2-11,14,16-17,23-26H2,1H3. The minimum Gasteiger partial charge on any atom is -0.491 e. The first-order valence-electron chi connectivity index (χ1n) is 15.0. The van der Waals surface area contributed by atoms with Gasteiger partial charge in [0.2, 0.25) is 0 Å². The maximum Gasteiger partial charge on any atom is 0.119 e. The summed E-state index contributed by atoms with van der Waals surface area (Å²) in [5.74, 6) is 2.62. The van der Waals surface area contributed by atoms with Crippen LogP contribution in [0.1, 0.15) is 101 Å². The zero-order chi connectivity index (χ0) is 25.5. The van der Waals surface area contributed by atoms with Gasteiger partial charge in [-0.3, -0.25) is 0 Å². The molecule has 0 spiro atoms. The summed E-state index contributed by atoms with van der Waals surface area (Å²) in [7, 11) is 0. The molecule has 4 heteroatoms. The third-order valence-electron chi connectivity index (χ3n) is 7.58. The average Bonchev–Trinajstić information content (AvgIpc) is 3.85. The maximum absolute atomic E-state index is 5.98. The van der Waals surface area contributed by atoms with Gasteiger partial charge in [-0.05, 0) is 67.0 Å². The lowest BCUT2D eigenvalue weighted by Gasteiger charge is -2.19. The van der Waals surface area contributed by atoms with E-state index >= 15 is 0 Å². The van der Waals surface area contributed by atoms with Gasteiger partial charge in [-0.2, -0.15) is 0 Å². The lowest BCUT2D eigenvalue weighted by atomic mass is 9.88. The predicted octanol–water partition coefficient (Wildman–Crippen LogP) is 8.27. The fourth-order valence-electron chi connectivity index (χ4n) is 5.08. The molecule has 0 N–H and O–H groups in total. The fraction of sp³-hybridized carbons (Fsp3) is 0.636. The van der Waals surface area contributed by atoms with Crippen LogP contribution in [0.5, 0.6) is 11.5 Å². The molecule has 0 amide bonds. The molecule has 2 aliphatic rings. The molecule has 2 heterocycles. The molecule has 0 aromatic heterocycles. The van der Waals surface area contributed by atoms with Crippen LogP contribution in [-0.4, -0.2) is 38.6 Å². The Balaban J connectivity index is 1.14. The molecule has 204 valence electrons. The molecule has 37 heavy (non-hydrogen) atoms. The molecule has 4 rings (SSSR count). The minimum atomic E-state index is 0.303. The van der Waals surface area contributed by atoms with Crippen molar-refractivity contribution in [3.63, 3.8) is 0 Å². The van der Waals surface area contributed by atoms with E-state index in [9.17, 15) is 0 Å². The normalized spacial score (nSPS) is 18.9. The lowest BCUT2D eigenvalue weighted by molar-refractivity contribution is 0.262. The summed E-state index contributed by atoms with van der Waals surface area (Å²) in [5, 5.41) is 0. The van der Waals surface area contributed by atoms with E-state index in [0.717, 1.165) is 31.1 Å². The van der Waals surface area contributed by atoms with Crippen molar-refractivity contribution >= 4 is 0 Å². The first kappa shape index (κ1) is 28.0. The molecule has 2 saturated heterocycles. The van der Waals surface area contributed by atoms with Gasteiger partial charge in [-0.25, -0.2) is 0 Å². The Morgan fingerprint density at radius 1 is 0.703 bits per heavy atom. The first-order chi connectivity index (χ1) is 18.3. The highest BCUT2D eigenvalue weighted by atomic mass is 16.6. The van der Waals surface area contributed by atoms with Gasteiger partial charge in [0.25, 0.3) is 0 Å². The van der Waals surface area contributed by atoms with Crippen LogP contribution < -0.4 is 9.47 Å². The van der Waals surface area contributed by atoms with Crippen molar-refractivity contribution in [1.82, 2.24) is 0 Å². The molecule has 2 aromatic carbocycles. The minimum absolute atomic E-state index is 0.303. The van der Waals surface area contributed by atoms with E-state index in [0.29, 0.717) is 31.3 Å². The number of hydrogen-bond acceptors (Lipinski definition) is 4. The Hall–Kier alpha value is -2.04. The molecular weight excluding hydrogens is 460 g/mol. The zero-order valence-electron chi connectivity index (χ0n) is 23.0. The largest absolute Gasteiger partial charge is 0.491 e.